The molecule has 0 aliphatic heterocycles. The van der Waals surface area contributed by atoms with E-state index in [1.165, 1.54) is 18.2 Å². The Hall–Kier alpha value is -4.08. The van der Waals surface area contributed by atoms with Crippen LogP contribution in [0, 0.1) is 17.1 Å². The number of carbonyl (C=O) groups is 1. The van der Waals surface area contributed by atoms with E-state index in [1.807, 2.05) is 13.0 Å². The summed E-state index contributed by atoms with van der Waals surface area (Å²) in [7, 11) is 0. The fourth-order valence-electron chi connectivity index (χ4n) is 3.36. The minimum Gasteiger partial charge on any atom is -0.490 e. The Morgan fingerprint density at radius 3 is 2.66 bits per heavy atom. The van der Waals surface area contributed by atoms with Crippen LogP contribution in [0.2, 0.25) is 5.02 Å². The first-order valence-electron chi connectivity index (χ1n) is 10.9. The van der Waals surface area contributed by atoms with Crippen LogP contribution in [0.5, 0.6) is 11.5 Å². The predicted octanol–water partition coefficient (Wildman–Crippen LogP) is 6.73. The van der Waals surface area contributed by atoms with Gasteiger partial charge in [0, 0.05) is 16.3 Å². The Kier molecular flexibility index (Phi) is 9.05. The number of rotatable bonds is 10. The first kappa shape index (κ1) is 25.5. The third-order valence-corrected chi connectivity index (χ3v) is 5.08. The molecular formula is C28H24ClFN2O3. The van der Waals surface area contributed by atoms with E-state index in [0.717, 1.165) is 5.56 Å². The molecule has 3 aromatic carbocycles. The van der Waals surface area contributed by atoms with Crippen molar-refractivity contribution in [3.8, 4) is 17.6 Å². The van der Waals surface area contributed by atoms with Crippen LogP contribution in [0.25, 0.3) is 6.08 Å². The Bertz CT molecular complexity index is 1300. The van der Waals surface area contributed by atoms with Gasteiger partial charge >= 0.3 is 0 Å². The molecule has 0 fully saturated rings. The Morgan fingerprint density at radius 1 is 1.17 bits per heavy atom. The fourth-order valence-corrected chi connectivity index (χ4v) is 3.55. The van der Waals surface area contributed by atoms with Crippen LogP contribution < -0.4 is 14.8 Å². The van der Waals surface area contributed by atoms with Gasteiger partial charge in [0.1, 0.15) is 24.1 Å². The summed E-state index contributed by atoms with van der Waals surface area (Å²) in [4.78, 5) is 12.7. The third kappa shape index (κ3) is 7.20. The lowest BCUT2D eigenvalue weighted by Gasteiger charge is -2.17. The molecule has 5 nitrogen and oxygen atoms in total. The van der Waals surface area contributed by atoms with Crippen molar-refractivity contribution >= 4 is 29.3 Å². The van der Waals surface area contributed by atoms with Crippen molar-refractivity contribution in [1.82, 2.24) is 0 Å². The van der Waals surface area contributed by atoms with Gasteiger partial charge in [-0.15, -0.1) is 6.58 Å². The number of allylic oxidation sites excluding steroid dienone is 1. The molecule has 3 aromatic rings. The van der Waals surface area contributed by atoms with E-state index in [0.29, 0.717) is 46.4 Å². The number of hydrogen-bond donors (Lipinski definition) is 1. The van der Waals surface area contributed by atoms with Crippen molar-refractivity contribution in [2.75, 3.05) is 11.9 Å². The number of amides is 1. The summed E-state index contributed by atoms with van der Waals surface area (Å²) in [5.41, 5.74) is 2.39. The number of nitrogens with one attached hydrogen (secondary N) is 1. The molecule has 0 saturated carbocycles. The number of carbonyl (C=O) groups excluding carboxylic acids is 1. The van der Waals surface area contributed by atoms with Crippen molar-refractivity contribution < 1.29 is 18.7 Å². The van der Waals surface area contributed by atoms with Crippen molar-refractivity contribution in [1.29, 1.82) is 5.26 Å². The van der Waals surface area contributed by atoms with Gasteiger partial charge in [0.25, 0.3) is 5.91 Å². The van der Waals surface area contributed by atoms with Crippen LogP contribution >= 0.6 is 11.6 Å². The standard InChI is InChI=1S/C28H24ClFN2O3/c1-3-7-21-12-20(13-22(17-31)28(33)32-25-11-6-9-23(29)16-25)15-26(34-4-2)27(21)35-18-19-8-5-10-24(30)14-19/h3,5-6,8-16H,1,4,7,18H2,2H3,(H,32,33)/b22-13+. The molecule has 7 heteroatoms. The second kappa shape index (κ2) is 12.4. The van der Waals surface area contributed by atoms with Gasteiger partial charge in [0.2, 0.25) is 0 Å². The van der Waals surface area contributed by atoms with Crippen LogP contribution in [0.3, 0.4) is 0 Å². The monoisotopic (exact) mass is 490 g/mol. The van der Waals surface area contributed by atoms with Gasteiger partial charge in [0.05, 0.1) is 6.61 Å². The normalized spacial score (nSPS) is 10.9. The number of benzene rings is 3. The summed E-state index contributed by atoms with van der Waals surface area (Å²) in [6, 6.07) is 18.3. The van der Waals surface area contributed by atoms with Gasteiger partial charge in [-0.3, -0.25) is 4.79 Å². The molecule has 1 amide bonds. The van der Waals surface area contributed by atoms with Crippen molar-refractivity contribution in [3.05, 3.63) is 106 Å². The van der Waals surface area contributed by atoms with Crippen LogP contribution in [0.4, 0.5) is 10.1 Å². The fraction of sp³-hybridized carbons (Fsp3) is 0.143. The molecule has 0 radical (unpaired) electrons. The van der Waals surface area contributed by atoms with Crippen LogP contribution in [-0.2, 0) is 17.8 Å². The van der Waals surface area contributed by atoms with Crippen LogP contribution in [0.1, 0.15) is 23.6 Å². The van der Waals surface area contributed by atoms with E-state index in [1.54, 1.807) is 54.6 Å². The molecular weight excluding hydrogens is 467 g/mol. The maximum Gasteiger partial charge on any atom is 0.266 e. The van der Waals surface area contributed by atoms with Gasteiger partial charge in [-0.05, 0) is 73.0 Å². The van der Waals surface area contributed by atoms with E-state index in [-0.39, 0.29) is 18.0 Å². The van der Waals surface area contributed by atoms with Crippen molar-refractivity contribution in [2.24, 2.45) is 0 Å². The molecule has 0 heterocycles. The first-order valence-corrected chi connectivity index (χ1v) is 11.3. The molecule has 0 spiro atoms. The minimum atomic E-state index is -0.565. The minimum absolute atomic E-state index is 0.0922. The zero-order valence-electron chi connectivity index (χ0n) is 19.2. The Morgan fingerprint density at radius 2 is 1.97 bits per heavy atom. The summed E-state index contributed by atoms with van der Waals surface area (Å²) in [6.07, 6.45) is 3.65. The molecule has 0 aliphatic carbocycles. The average molecular weight is 491 g/mol. The van der Waals surface area contributed by atoms with E-state index in [2.05, 4.69) is 11.9 Å². The Labute approximate surface area is 209 Å². The number of ether oxygens (including phenoxy) is 2. The molecule has 0 aliphatic rings. The zero-order chi connectivity index (χ0) is 25.2. The molecule has 35 heavy (non-hydrogen) atoms. The molecule has 0 bridgehead atoms. The summed E-state index contributed by atoms with van der Waals surface area (Å²) in [6.45, 7) is 6.16. The highest BCUT2D eigenvalue weighted by atomic mass is 35.5. The van der Waals surface area contributed by atoms with Crippen molar-refractivity contribution in [3.63, 3.8) is 0 Å². The van der Waals surface area contributed by atoms with E-state index < -0.39 is 5.91 Å². The highest BCUT2D eigenvalue weighted by Gasteiger charge is 2.16. The number of nitriles is 1. The molecule has 178 valence electrons. The van der Waals surface area contributed by atoms with Gasteiger partial charge in [0.15, 0.2) is 11.5 Å². The van der Waals surface area contributed by atoms with Crippen molar-refractivity contribution in [2.45, 2.75) is 20.0 Å². The van der Waals surface area contributed by atoms with Gasteiger partial charge < -0.3 is 14.8 Å². The smallest absolute Gasteiger partial charge is 0.266 e. The highest BCUT2D eigenvalue weighted by Crippen LogP contribution is 2.35. The van der Waals surface area contributed by atoms with E-state index in [9.17, 15) is 14.4 Å². The SMILES string of the molecule is C=CCc1cc(/C=C(\C#N)C(=O)Nc2cccc(Cl)c2)cc(OCC)c1OCc1cccc(F)c1. The molecule has 0 saturated heterocycles. The highest BCUT2D eigenvalue weighted by molar-refractivity contribution is 6.31. The molecule has 0 atom stereocenters. The number of anilines is 1. The molecule has 0 aromatic heterocycles. The number of nitrogens with zero attached hydrogens (tertiary/aromatic N) is 1. The molecule has 0 unspecified atom stereocenters. The largest absolute Gasteiger partial charge is 0.490 e. The van der Waals surface area contributed by atoms with E-state index >= 15 is 0 Å². The summed E-state index contributed by atoms with van der Waals surface area (Å²) in [5, 5.41) is 12.8. The molecule has 1 N–H and O–H groups in total. The van der Waals surface area contributed by atoms with E-state index in [4.69, 9.17) is 21.1 Å². The lowest BCUT2D eigenvalue weighted by molar-refractivity contribution is -0.112. The van der Waals surface area contributed by atoms with Crippen LogP contribution in [-0.4, -0.2) is 12.5 Å². The zero-order valence-corrected chi connectivity index (χ0v) is 19.9. The maximum atomic E-state index is 13.6. The average Bonchev–Trinajstić information content (AvgIpc) is 2.82. The second-order valence-electron chi connectivity index (χ2n) is 7.49. The second-order valence-corrected chi connectivity index (χ2v) is 7.92. The summed E-state index contributed by atoms with van der Waals surface area (Å²) >= 11 is 5.97. The predicted molar refractivity (Wildman–Crippen MR) is 136 cm³/mol. The number of halogens is 2. The summed E-state index contributed by atoms with van der Waals surface area (Å²) < 4.78 is 25.4. The lowest BCUT2D eigenvalue weighted by atomic mass is 10.0. The van der Waals surface area contributed by atoms with Crippen LogP contribution in [0.15, 0.2) is 78.9 Å². The lowest BCUT2D eigenvalue weighted by Crippen LogP contribution is -2.13. The van der Waals surface area contributed by atoms with Gasteiger partial charge in [-0.1, -0.05) is 35.9 Å². The topological polar surface area (TPSA) is 71.4 Å². The molecule has 3 rings (SSSR count). The van der Waals surface area contributed by atoms with Gasteiger partial charge in [-0.2, -0.15) is 5.26 Å². The maximum absolute atomic E-state index is 13.6. The third-order valence-electron chi connectivity index (χ3n) is 4.85. The quantitative estimate of drug-likeness (QED) is 0.194. The first-order chi connectivity index (χ1) is 16.9. The van der Waals surface area contributed by atoms with Gasteiger partial charge in [-0.25, -0.2) is 4.39 Å². The summed E-state index contributed by atoms with van der Waals surface area (Å²) in [5.74, 6) is 0.0320. The Balaban J connectivity index is 1.93. The number of hydrogen-bond acceptors (Lipinski definition) is 4.